The van der Waals surface area contributed by atoms with Crippen molar-refractivity contribution >= 4 is 5.91 Å². The second-order valence-corrected chi connectivity index (χ2v) is 7.31. The molecule has 7 heteroatoms. The lowest BCUT2D eigenvalue weighted by Crippen LogP contribution is -2.17. The zero-order valence-corrected chi connectivity index (χ0v) is 18.2. The highest BCUT2D eigenvalue weighted by atomic mass is 16.5. The van der Waals surface area contributed by atoms with E-state index in [4.69, 9.17) is 20.2 Å². The first kappa shape index (κ1) is 22.0. The molecule has 0 spiro atoms. The Morgan fingerprint density at radius 2 is 1.64 bits per heavy atom. The zero-order chi connectivity index (χ0) is 23.0. The number of carbonyl (C=O) groups excluding carboxylic acids is 1. The molecule has 1 unspecified atom stereocenters. The molecule has 166 valence electrons. The maximum atomic E-state index is 11.7. The Hall–Kier alpha value is -4.26. The minimum absolute atomic E-state index is 0.132. The van der Waals surface area contributed by atoms with Crippen molar-refractivity contribution in [2.45, 2.75) is 19.3 Å². The van der Waals surface area contributed by atoms with Gasteiger partial charge in [-0.3, -0.25) is 9.78 Å². The molecule has 2 heterocycles. The molecule has 7 nitrogen and oxygen atoms in total. The molecule has 1 amide bonds. The topological polar surface area (TPSA) is 100 Å². The van der Waals surface area contributed by atoms with Crippen LogP contribution >= 0.6 is 0 Å². The van der Waals surface area contributed by atoms with Gasteiger partial charge in [-0.1, -0.05) is 48.5 Å². The van der Waals surface area contributed by atoms with Crippen LogP contribution in [0.3, 0.4) is 0 Å². The van der Waals surface area contributed by atoms with E-state index in [1.165, 1.54) is 0 Å². The highest BCUT2D eigenvalue weighted by Gasteiger charge is 2.19. The van der Waals surface area contributed by atoms with Crippen molar-refractivity contribution in [2.24, 2.45) is 5.73 Å². The van der Waals surface area contributed by atoms with Crippen LogP contribution in [0.1, 0.15) is 30.5 Å². The van der Waals surface area contributed by atoms with E-state index in [1.807, 2.05) is 73.7 Å². The van der Waals surface area contributed by atoms with Crippen LogP contribution in [0, 0.1) is 0 Å². The number of ether oxygens (including phenoxy) is 2. The number of carbonyl (C=O) groups is 1. The molecule has 0 saturated carbocycles. The first-order valence-electron chi connectivity index (χ1n) is 10.7. The van der Waals surface area contributed by atoms with Crippen LogP contribution in [0.15, 0.2) is 85.2 Å². The number of nitrogens with zero attached hydrogens (tertiary/aromatic N) is 3. The van der Waals surface area contributed by atoms with Crippen molar-refractivity contribution in [2.75, 3.05) is 6.61 Å². The minimum atomic E-state index is -0.405. The molecule has 0 aliphatic carbocycles. The third kappa shape index (κ3) is 5.51. The lowest BCUT2D eigenvalue weighted by molar-refractivity contribution is -0.118. The number of primary amides is 1. The van der Waals surface area contributed by atoms with Crippen LogP contribution in [0.5, 0.6) is 17.4 Å². The molecule has 0 aliphatic rings. The van der Waals surface area contributed by atoms with Gasteiger partial charge in [0.25, 0.3) is 0 Å². The summed E-state index contributed by atoms with van der Waals surface area (Å²) in [5.74, 6) is 0.926. The van der Waals surface area contributed by atoms with E-state index in [9.17, 15) is 4.79 Å². The number of hydrogen-bond donors (Lipinski definition) is 1. The van der Waals surface area contributed by atoms with Gasteiger partial charge in [0.1, 0.15) is 5.69 Å². The van der Waals surface area contributed by atoms with Crippen molar-refractivity contribution in [1.29, 1.82) is 0 Å². The number of pyridine rings is 1. The van der Waals surface area contributed by atoms with Gasteiger partial charge < -0.3 is 15.2 Å². The Kier molecular flexibility index (Phi) is 6.90. The molecule has 0 radical (unpaired) electrons. The number of para-hydroxylation sites is 2. The molecule has 2 aromatic heterocycles. The minimum Gasteiger partial charge on any atom is -0.490 e. The van der Waals surface area contributed by atoms with Gasteiger partial charge >= 0.3 is 0 Å². The van der Waals surface area contributed by atoms with Gasteiger partial charge in [-0.15, -0.1) is 0 Å². The third-order valence-corrected chi connectivity index (χ3v) is 4.97. The fourth-order valence-corrected chi connectivity index (χ4v) is 3.49. The summed E-state index contributed by atoms with van der Waals surface area (Å²) in [6.07, 6.45) is 3.42. The van der Waals surface area contributed by atoms with Gasteiger partial charge in [-0.2, -0.15) is 0 Å². The fourth-order valence-electron chi connectivity index (χ4n) is 3.49. The molecular weight excluding hydrogens is 416 g/mol. The Labute approximate surface area is 192 Å². The maximum absolute atomic E-state index is 11.7. The summed E-state index contributed by atoms with van der Waals surface area (Å²) in [4.78, 5) is 25.4. The smallest absolute Gasteiger partial charge is 0.220 e. The molecule has 0 saturated heterocycles. The predicted octanol–water partition coefficient (Wildman–Crippen LogP) is 4.74. The van der Waals surface area contributed by atoms with Crippen molar-refractivity contribution in [3.63, 3.8) is 0 Å². The second kappa shape index (κ2) is 10.4. The van der Waals surface area contributed by atoms with Gasteiger partial charge in [0, 0.05) is 24.6 Å². The van der Waals surface area contributed by atoms with Crippen LogP contribution in [-0.2, 0) is 4.79 Å². The molecular formula is C26H24N4O3. The van der Waals surface area contributed by atoms with Crippen LogP contribution in [0.25, 0.3) is 11.4 Å². The summed E-state index contributed by atoms with van der Waals surface area (Å²) < 4.78 is 11.6. The van der Waals surface area contributed by atoms with E-state index in [2.05, 4.69) is 9.97 Å². The predicted molar refractivity (Wildman–Crippen MR) is 125 cm³/mol. The van der Waals surface area contributed by atoms with Gasteiger partial charge in [-0.05, 0) is 30.7 Å². The van der Waals surface area contributed by atoms with Crippen molar-refractivity contribution in [1.82, 2.24) is 15.0 Å². The summed E-state index contributed by atoms with van der Waals surface area (Å²) in [7, 11) is 0. The van der Waals surface area contributed by atoms with Crippen LogP contribution in [-0.4, -0.2) is 27.5 Å². The Morgan fingerprint density at radius 1 is 0.879 bits per heavy atom. The summed E-state index contributed by atoms with van der Waals surface area (Å²) in [5.41, 5.74) is 8.28. The average molecular weight is 441 g/mol. The van der Waals surface area contributed by atoms with Crippen LogP contribution < -0.4 is 15.2 Å². The average Bonchev–Trinajstić information content (AvgIpc) is 2.85. The quantitative estimate of drug-likeness (QED) is 0.404. The lowest BCUT2D eigenvalue weighted by atomic mass is 9.92. The fraction of sp³-hybridized carbons (Fsp3) is 0.154. The Bertz CT molecular complexity index is 1230. The second-order valence-electron chi connectivity index (χ2n) is 7.31. The Morgan fingerprint density at radius 3 is 2.39 bits per heavy atom. The van der Waals surface area contributed by atoms with E-state index in [1.54, 1.807) is 18.5 Å². The summed E-state index contributed by atoms with van der Waals surface area (Å²) >= 11 is 0. The van der Waals surface area contributed by atoms with Crippen LogP contribution in [0.2, 0.25) is 0 Å². The monoisotopic (exact) mass is 440 g/mol. The largest absolute Gasteiger partial charge is 0.490 e. The highest BCUT2D eigenvalue weighted by Crippen LogP contribution is 2.32. The van der Waals surface area contributed by atoms with Gasteiger partial charge in [0.15, 0.2) is 11.5 Å². The lowest BCUT2D eigenvalue weighted by Gasteiger charge is -2.16. The maximum Gasteiger partial charge on any atom is 0.220 e. The number of rotatable bonds is 9. The molecule has 1 atom stereocenters. The molecule has 4 rings (SSSR count). The molecule has 33 heavy (non-hydrogen) atoms. The van der Waals surface area contributed by atoms with Gasteiger partial charge in [-0.25, -0.2) is 9.97 Å². The van der Waals surface area contributed by atoms with Gasteiger partial charge in [0.05, 0.1) is 24.2 Å². The number of benzene rings is 2. The normalized spacial score (nSPS) is 11.5. The molecule has 4 aromatic rings. The molecule has 0 fully saturated rings. The van der Waals surface area contributed by atoms with E-state index in [0.717, 1.165) is 5.56 Å². The number of aromatic nitrogens is 3. The number of nitrogens with two attached hydrogens (primary N) is 1. The van der Waals surface area contributed by atoms with E-state index >= 15 is 0 Å². The molecule has 0 aliphatic heterocycles. The summed E-state index contributed by atoms with van der Waals surface area (Å²) in [6.45, 7) is 2.45. The standard InChI is InChI=1S/C26H24N4O3/c1-2-32-23-12-6-7-13-24(23)33-26-14-8-11-20(30-26)22-17-28-16-21(29-22)19(15-25(27)31)18-9-4-3-5-10-18/h3-14,16-17,19H,2,15H2,1H3,(H2,27,31). The first-order valence-corrected chi connectivity index (χ1v) is 10.7. The Balaban J connectivity index is 1.64. The number of amides is 1. The van der Waals surface area contributed by atoms with Crippen molar-refractivity contribution < 1.29 is 14.3 Å². The first-order chi connectivity index (χ1) is 16.1. The van der Waals surface area contributed by atoms with Crippen molar-refractivity contribution in [3.05, 3.63) is 96.4 Å². The number of hydrogen-bond acceptors (Lipinski definition) is 6. The summed E-state index contributed by atoms with van der Waals surface area (Å²) in [5, 5.41) is 0. The highest BCUT2D eigenvalue weighted by molar-refractivity contribution is 5.75. The molecule has 2 aromatic carbocycles. The van der Waals surface area contributed by atoms with Crippen LogP contribution in [0.4, 0.5) is 0 Å². The SMILES string of the molecule is CCOc1ccccc1Oc1cccc(-c2cncc(C(CC(N)=O)c3ccccc3)n2)n1. The van der Waals surface area contributed by atoms with Gasteiger partial charge in [0.2, 0.25) is 11.8 Å². The summed E-state index contributed by atoms with van der Waals surface area (Å²) in [6, 6.07) is 22.5. The zero-order valence-electron chi connectivity index (χ0n) is 18.2. The third-order valence-electron chi connectivity index (χ3n) is 4.97. The van der Waals surface area contributed by atoms with E-state index < -0.39 is 5.91 Å². The molecule has 0 bridgehead atoms. The molecule has 2 N–H and O–H groups in total. The van der Waals surface area contributed by atoms with Crippen molar-refractivity contribution in [3.8, 4) is 28.8 Å². The van der Waals surface area contributed by atoms with E-state index in [0.29, 0.717) is 41.1 Å². The van der Waals surface area contributed by atoms with E-state index in [-0.39, 0.29) is 12.3 Å².